The van der Waals surface area contributed by atoms with Crippen LogP contribution < -0.4 is 10.6 Å². The Morgan fingerprint density at radius 2 is 1.74 bits per heavy atom. The maximum Gasteiger partial charge on any atom is 0.322 e. The molecule has 140 valence electrons. The molecule has 1 heterocycles. The highest BCUT2D eigenvalue weighted by Gasteiger charge is 2.31. The summed E-state index contributed by atoms with van der Waals surface area (Å²) in [6, 6.07) is 14.9. The highest BCUT2D eigenvalue weighted by atomic mass is 35.5. The molecule has 5 nitrogen and oxygen atoms in total. The third-order valence-corrected chi connectivity index (χ3v) is 5.43. The predicted octanol–water partition coefficient (Wildman–Crippen LogP) is 4.60. The maximum absolute atomic E-state index is 12.8. The van der Waals surface area contributed by atoms with E-state index in [1.54, 1.807) is 24.3 Å². The number of amides is 3. The van der Waals surface area contributed by atoms with Gasteiger partial charge in [-0.25, -0.2) is 4.79 Å². The van der Waals surface area contributed by atoms with Crippen molar-refractivity contribution in [1.82, 2.24) is 10.2 Å². The fourth-order valence-corrected chi connectivity index (χ4v) is 3.74. The van der Waals surface area contributed by atoms with Crippen molar-refractivity contribution in [1.29, 1.82) is 0 Å². The molecular weight excluding hydrogens is 362 g/mol. The van der Waals surface area contributed by atoms with Gasteiger partial charge in [-0.2, -0.15) is 0 Å². The lowest BCUT2D eigenvalue weighted by atomic mass is 10.0. The molecule has 27 heavy (non-hydrogen) atoms. The number of halogens is 1. The minimum atomic E-state index is -0.146. The summed E-state index contributed by atoms with van der Waals surface area (Å²) in [5.74, 6) is -0.0614. The Kier molecular flexibility index (Phi) is 5.03. The number of nitrogens with zero attached hydrogens (tertiary/aromatic N) is 1. The van der Waals surface area contributed by atoms with E-state index in [1.165, 1.54) is 0 Å². The molecule has 3 amide bonds. The van der Waals surface area contributed by atoms with Crippen LogP contribution in [0.1, 0.15) is 47.6 Å². The van der Waals surface area contributed by atoms with E-state index in [-0.39, 0.29) is 18.0 Å². The Morgan fingerprint density at radius 3 is 2.44 bits per heavy atom. The third kappa shape index (κ3) is 4.08. The molecule has 6 heteroatoms. The lowest BCUT2D eigenvalue weighted by molar-refractivity contribution is 0.0951. The van der Waals surface area contributed by atoms with Crippen molar-refractivity contribution in [2.75, 3.05) is 11.9 Å². The molecule has 1 saturated carbocycles. The van der Waals surface area contributed by atoms with Gasteiger partial charge in [-0.3, -0.25) is 4.79 Å². The van der Waals surface area contributed by atoms with Gasteiger partial charge in [-0.15, -0.1) is 0 Å². The standard InChI is InChI=1S/C21H22ClN3O2/c22-18-5-2-1-4-17(18)19-6-3-13-25(19)21(27)24-16-9-7-14(8-10-16)20(26)23-15-11-12-15/h1-2,4-5,7-10,15,19H,3,6,11-13H2,(H,23,26)(H,24,27)/t19-/m0/s1. The molecule has 1 aliphatic heterocycles. The number of hydrogen-bond acceptors (Lipinski definition) is 2. The van der Waals surface area contributed by atoms with Crippen LogP contribution in [0.5, 0.6) is 0 Å². The quantitative estimate of drug-likeness (QED) is 0.810. The van der Waals surface area contributed by atoms with E-state index in [4.69, 9.17) is 11.6 Å². The zero-order chi connectivity index (χ0) is 18.8. The second kappa shape index (κ2) is 7.61. The summed E-state index contributed by atoms with van der Waals surface area (Å²) < 4.78 is 0. The van der Waals surface area contributed by atoms with Crippen LogP contribution in [0.3, 0.4) is 0 Å². The van der Waals surface area contributed by atoms with Crippen molar-refractivity contribution >= 4 is 29.2 Å². The van der Waals surface area contributed by atoms with Crippen molar-refractivity contribution in [3.05, 3.63) is 64.7 Å². The smallest absolute Gasteiger partial charge is 0.322 e. The number of carbonyl (C=O) groups excluding carboxylic acids is 2. The van der Waals surface area contributed by atoms with E-state index in [0.29, 0.717) is 28.9 Å². The normalized spacial score (nSPS) is 19.0. The number of carbonyl (C=O) groups is 2. The van der Waals surface area contributed by atoms with Crippen molar-refractivity contribution in [3.8, 4) is 0 Å². The molecule has 0 aromatic heterocycles. The van der Waals surface area contributed by atoms with Crippen LogP contribution in [0.15, 0.2) is 48.5 Å². The van der Waals surface area contributed by atoms with E-state index >= 15 is 0 Å². The van der Waals surface area contributed by atoms with Crippen molar-refractivity contribution in [3.63, 3.8) is 0 Å². The summed E-state index contributed by atoms with van der Waals surface area (Å²) in [6.45, 7) is 0.698. The van der Waals surface area contributed by atoms with Crippen LogP contribution in [-0.2, 0) is 0 Å². The molecule has 1 atom stereocenters. The molecule has 2 aromatic rings. The predicted molar refractivity (Wildman–Crippen MR) is 106 cm³/mol. The SMILES string of the molecule is O=C(NC1CC1)c1ccc(NC(=O)N2CCC[C@H]2c2ccccc2Cl)cc1. The van der Waals surface area contributed by atoms with E-state index in [9.17, 15) is 9.59 Å². The zero-order valence-electron chi connectivity index (χ0n) is 15.0. The van der Waals surface area contributed by atoms with Crippen molar-refractivity contribution in [2.24, 2.45) is 0 Å². The fraction of sp³-hybridized carbons (Fsp3) is 0.333. The van der Waals surface area contributed by atoms with E-state index < -0.39 is 0 Å². The van der Waals surface area contributed by atoms with Gasteiger partial charge in [0.1, 0.15) is 0 Å². The molecule has 0 bridgehead atoms. The molecule has 1 aliphatic carbocycles. The summed E-state index contributed by atoms with van der Waals surface area (Å²) in [7, 11) is 0. The van der Waals surface area contributed by atoms with Gasteiger partial charge in [0, 0.05) is 28.9 Å². The molecule has 0 spiro atoms. The minimum absolute atomic E-state index is 0.0118. The van der Waals surface area contributed by atoms with Gasteiger partial charge in [0.15, 0.2) is 0 Å². The molecule has 2 fully saturated rings. The first-order valence-corrected chi connectivity index (χ1v) is 9.72. The Hall–Kier alpha value is -2.53. The highest BCUT2D eigenvalue weighted by Crippen LogP contribution is 2.36. The summed E-state index contributed by atoms with van der Waals surface area (Å²) in [5.41, 5.74) is 2.27. The Balaban J connectivity index is 1.42. The maximum atomic E-state index is 12.8. The van der Waals surface area contributed by atoms with Gasteiger partial charge in [0.05, 0.1) is 6.04 Å². The first-order valence-electron chi connectivity index (χ1n) is 9.35. The van der Waals surface area contributed by atoms with Crippen LogP contribution in [0.25, 0.3) is 0 Å². The number of anilines is 1. The van der Waals surface area contributed by atoms with Gasteiger partial charge in [-0.05, 0) is 61.6 Å². The number of urea groups is 1. The van der Waals surface area contributed by atoms with Crippen molar-refractivity contribution < 1.29 is 9.59 Å². The molecule has 0 unspecified atom stereocenters. The Labute approximate surface area is 163 Å². The Bertz CT molecular complexity index is 849. The molecule has 2 aliphatic rings. The summed E-state index contributed by atoms with van der Waals surface area (Å²) in [4.78, 5) is 26.7. The van der Waals surface area contributed by atoms with Crippen LogP contribution in [0, 0.1) is 0 Å². The van der Waals surface area contributed by atoms with Gasteiger partial charge < -0.3 is 15.5 Å². The van der Waals surface area contributed by atoms with E-state index in [2.05, 4.69) is 10.6 Å². The molecule has 2 aromatic carbocycles. The van der Waals surface area contributed by atoms with Gasteiger partial charge in [0.25, 0.3) is 5.91 Å². The number of rotatable bonds is 4. The minimum Gasteiger partial charge on any atom is -0.349 e. The van der Waals surface area contributed by atoms with Crippen molar-refractivity contribution in [2.45, 2.75) is 37.8 Å². The summed E-state index contributed by atoms with van der Waals surface area (Å²) in [6.07, 6.45) is 3.96. The second-order valence-electron chi connectivity index (χ2n) is 7.13. The number of nitrogens with one attached hydrogen (secondary N) is 2. The first kappa shape index (κ1) is 17.9. The third-order valence-electron chi connectivity index (χ3n) is 5.09. The van der Waals surface area contributed by atoms with E-state index in [0.717, 1.165) is 31.2 Å². The summed E-state index contributed by atoms with van der Waals surface area (Å²) >= 11 is 6.33. The highest BCUT2D eigenvalue weighted by molar-refractivity contribution is 6.31. The number of hydrogen-bond donors (Lipinski definition) is 2. The molecule has 1 saturated heterocycles. The lowest BCUT2D eigenvalue weighted by Gasteiger charge is -2.26. The summed E-state index contributed by atoms with van der Waals surface area (Å²) in [5, 5.41) is 6.58. The molecular formula is C21H22ClN3O2. The number of benzene rings is 2. The Morgan fingerprint density at radius 1 is 1.00 bits per heavy atom. The van der Waals surface area contributed by atoms with E-state index in [1.807, 2.05) is 29.2 Å². The number of likely N-dealkylation sites (tertiary alicyclic amines) is 1. The van der Waals surface area contributed by atoms with Gasteiger partial charge in [-0.1, -0.05) is 29.8 Å². The molecule has 4 rings (SSSR count). The fourth-order valence-electron chi connectivity index (χ4n) is 3.48. The van der Waals surface area contributed by atoms with Crippen LogP contribution in [0.2, 0.25) is 5.02 Å². The lowest BCUT2D eigenvalue weighted by Crippen LogP contribution is -2.34. The average Bonchev–Trinajstić information content (AvgIpc) is 3.35. The van der Waals surface area contributed by atoms with Gasteiger partial charge in [0.2, 0.25) is 0 Å². The molecule has 2 N–H and O–H groups in total. The second-order valence-corrected chi connectivity index (χ2v) is 7.54. The van der Waals surface area contributed by atoms with Crippen LogP contribution >= 0.6 is 11.6 Å². The zero-order valence-corrected chi connectivity index (χ0v) is 15.7. The monoisotopic (exact) mass is 383 g/mol. The van der Waals surface area contributed by atoms with Crippen LogP contribution in [-0.4, -0.2) is 29.4 Å². The largest absolute Gasteiger partial charge is 0.349 e. The topological polar surface area (TPSA) is 61.4 Å². The first-order chi connectivity index (χ1) is 13.1. The average molecular weight is 384 g/mol. The van der Waals surface area contributed by atoms with Crippen LogP contribution in [0.4, 0.5) is 10.5 Å². The molecule has 0 radical (unpaired) electrons. The van der Waals surface area contributed by atoms with Gasteiger partial charge >= 0.3 is 6.03 Å².